The van der Waals surface area contributed by atoms with E-state index in [1.54, 1.807) is 0 Å². The molecule has 0 radical (unpaired) electrons. The van der Waals surface area contributed by atoms with Crippen LogP contribution in [-0.2, 0) is 6.42 Å². The third-order valence-corrected chi connectivity index (χ3v) is 4.68. The van der Waals surface area contributed by atoms with E-state index in [9.17, 15) is 0 Å². The summed E-state index contributed by atoms with van der Waals surface area (Å²) in [5.74, 6) is 1.74. The summed E-state index contributed by atoms with van der Waals surface area (Å²) in [6, 6.07) is 10.3. The normalized spacial score (nSPS) is 22.3. The van der Waals surface area contributed by atoms with E-state index in [2.05, 4.69) is 37.3 Å². The molecule has 21 heavy (non-hydrogen) atoms. The summed E-state index contributed by atoms with van der Waals surface area (Å²) in [5, 5.41) is 8.81. The molecule has 0 spiro atoms. The van der Waals surface area contributed by atoms with Gasteiger partial charge in [-0.25, -0.2) is 0 Å². The predicted octanol–water partition coefficient (Wildman–Crippen LogP) is 5.65. The van der Waals surface area contributed by atoms with Gasteiger partial charge < -0.3 is 0 Å². The molecule has 0 N–H and O–H groups in total. The summed E-state index contributed by atoms with van der Waals surface area (Å²) in [6.07, 6.45) is 15.3. The molecule has 1 fully saturated rings. The first-order valence-corrected chi connectivity index (χ1v) is 8.47. The van der Waals surface area contributed by atoms with Gasteiger partial charge in [-0.15, -0.1) is 0 Å². The van der Waals surface area contributed by atoms with E-state index in [1.807, 2.05) is 12.1 Å². The molecule has 0 atom stereocenters. The fourth-order valence-electron chi connectivity index (χ4n) is 3.24. The highest BCUT2D eigenvalue weighted by atomic mass is 14.2. The number of hydrogen-bond donors (Lipinski definition) is 0. The van der Waals surface area contributed by atoms with Crippen LogP contribution in [0.1, 0.15) is 63.0 Å². The molecule has 0 bridgehead atoms. The number of unbranched alkanes of at least 4 members (excludes halogenated alkanes) is 1. The molecule has 112 valence electrons. The molecule has 1 aromatic rings. The van der Waals surface area contributed by atoms with E-state index in [1.165, 1.54) is 50.5 Å². The van der Waals surface area contributed by atoms with E-state index < -0.39 is 0 Å². The highest BCUT2D eigenvalue weighted by molar-refractivity contribution is 5.31. The van der Waals surface area contributed by atoms with Crippen molar-refractivity contribution in [3.8, 4) is 6.07 Å². The minimum absolute atomic E-state index is 0.762. The van der Waals surface area contributed by atoms with Crippen molar-refractivity contribution in [3.63, 3.8) is 0 Å². The van der Waals surface area contributed by atoms with Gasteiger partial charge in [-0.1, -0.05) is 37.6 Å². The van der Waals surface area contributed by atoms with Crippen LogP contribution in [0.15, 0.2) is 36.4 Å². The highest BCUT2D eigenvalue weighted by Gasteiger charge is 2.19. The van der Waals surface area contributed by atoms with Crippen molar-refractivity contribution in [1.82, 2.24) is 0 Å². The second-order valence-electron chi connectivity index (χ2n) is 6.35. The van der Waals surface area contributed by atoms with Crippen molar-refractivity contribution < 1.29 is 0 Å². The van der Waals surface area contributed by atoms with Crippen LogP contribution >= 0.6 is 0 Å². The summed E-state index contributed by atoms with van der Waals surface area (Å²) in [7, 11) is 0. The summed E-state index contributed by atoms with van der Waals surface area (Å²) in [4.78, 5) is 0. The second-order valence-corrected chi connectivity index (χ2v) is 6.35. The van der Waals surface area contributed by atoms with Crippen molar-refractivity contribution >= 4 is 0 Å². The number of aryl methyl sites for hydroxylation is 1. The minimum Gasteiger partial charge on any atom is -0.192 e. The van der Waals surface area contributed by atoms with Crippen molar-refractivity contribution in [2.75, 3.05) is 0 Å². The largest absolute Gasteiger partial charge is 0.192 e. The van der Waals surface area contributed by atoms with E-state index in [0.29, 0.717) is 0 Å². The zero-order chi connectivity index (χ0) is 14.9. The van der Waals surface area contributed by atoms with Crippen LogP contribution in [0, 0.1) is 23.2 Å². The Kier molecular flexibility index (Phi) is 6.54. The van der Waals surface area contributed by atoms with Gasteiger partial charge in [0, 0.05) is 0 Å². The first-order chi connectivity index (χ1) is 10.3. The summed E-state index contributed by atoms with van der Waals surface area (Å²) in [6.45, 7) is 2.24. The smallest absolute Gasteiger partial charge is 0.0991 e. The Morgan fingerprint density at radius 1 is 1.14 bits per heavy atom. The quantitative estimate of drug-likeness (QED) is 0.618. The Morgan fingerprint density at radius 3 is 2.48 bits per heavy atom. The molecule has 0 saturated heterocycles. The van der Waals surface area contributed by atoms with Crippen molar-refractivity contribution in [3.05, 3.63) is 47.5 Å². The van der Waals surface area contributed by atoms with Crippen LogP contribution in [0.2, 0.25) is 0 Å². The van der Waals surface area contributed by atoms with Gasteiger partial charge in [0.1, 0.15) is 0 Å². The predicted molar refractivity (Wildman–Crippen MR) is 89.0 cm³/mol. The van der Waals surface area contributed by atoms with Gasteiger partial charge in [0.15, 0.2) is 0 Å². The lowest BCUT2D eigenvalue weighted by Gasteiger charge is -2.26. The molecule has 0 aromatic heterocycles. The van der Waals surface area contributed by atoms with Gasteiger partial charge in [-0.05, 0) is 74.5 Å². The first kappa shape index (κ1) is 15.8. The molecule has 1 aliphatic carbocycles. The van der Waals surface area contributed by atoms with Crippen molar-refractivity contribution in [2.24, 2.45) is 11.8 Å². The van der Waals surface area contributed by atoms with E-state index in [4.69, 9.17) is 5.26 Å². The van der Waals surface area contributed by atoms with Crippen LogP contribution in [0.3, 0.4) is 0 Å². The highest BCUT2D eigenvalue weighted by Crippen LogP contribution is 2.32. The number of allylic oxidation sites excluding steroid dienone is 2. The fraction of sp³-hybridized carbons (Fsp3) is 0.550. The second kappa shape index (κ2) is 8.67. The lowest BCUT2D eigenvalue weighted by Crippen LogP contribution is -2.13. The third-order valence-electron chi connectivity index (χ3n) is 4.68. The maximum atomic E-state index is 8.81. The van der Waals surface area contributed by atoms with Gasteiger partial charge >= 0.3 is 0 Å². The SMILES string of the molecule is CCC/C=C/C1CCC(CCc2ccc(C#N)cc2)CC1. The Morgan fingerprint density at radius 2 is 1.86 bits per heavy atom. The van der Waals surface area contributed by atoms with Gasteiger partial charge in [-0.3, -0.25) is 0 Å². The summed E-state index contributed by atoms with van der Waals surface area (Å²) in [5.41, 5.74) is 2.14. The summed E-state index contributed by atoms with van der Waals surface area (Å²) >= 11 is 0. The zero-order valence-electron chi connectivity index (χ0n) is 13.2. The molecule has 0 aliphatic heterocycles. The van der Waals surface area contributed by atoms with E-state index >= 15 is 0 Å². The van der Waals surface area contributed by atoms with Crippen LogP contribution < -0.4 is 0 Å². The molecular weight excluding hydrogens is 254 g/mol. The average molecular weight is 281 g/mol. The molecular formula is C20H27N. The Hall–Kier alpha value is -1.55. The minimum atomic E-state index is 0.762. The molecule has 2 rings (SSSR count). The van der Waals surface area contributed by atoms with Crippen LogP contribution in [-0.4, -0.2) is 0 Å². The topological polar surface area (TPSA) is 23.8 Å². The van der Waals surface area contributed by atoms with Crippen molar-refractivity contribution in [1.29, 1.82) is 5.26 Å². The monoisotopic (exact) mass is 281 g/mol. The Balaban J connectivity index is 1.70. The maximum absolute atomic E-state index is 8.81. The molecule has 0 amide bonds. The van der Waals surface area contributed by atoms with Crippen LogP contribution in [0.4, 0.5) is 0 Å². The maximum Gasteiger partial charge on any atom is 0.0991 e. The van der Waals surface area contributed by atoms with Crippen LogP contribution in [0.25, 0.3) is 0 Å². The number of nitriles is 1. The average Bonchev–Trinajstić information content (AvgIpc) is 2.55. The lowest BCUT2D eigenvalue weighted by molar-refractivity contribution is 0.296. The molecule has 1 aromatic carbocycles. The Labute approximate surface area is 129 Å². The molecule has 1 saturated carbocycles. The van der Waals surface area contributed by atoms with Crippen molar-refractivity contribution in [2.45, 2.75) is 58.3 Å². The van der Waals surface area contributed by atoms with Gasteiger partial charge in [0.05, 0.1) is 11.6 Å². The fourth-order valence-corrected chi connectivity index (χ4v) is 3.24. The van der Waals surface area contributed by atoms with Crippen LogP contribution in [0.5, 0.6) is 0 Å². The molecule has 1 heteroatoms. The molecule has 1 nitrogen and oxygen atoms in total. The number of benzene rings is 1. The number of hydrogen-bond acceptors (Lipinski definition) is 1. The van der Waals surface area contributed by atoms with Gasteiger partial charge in [-0.2, -0.15) is 5.26 Å². The van der Waals surface area contributed by atoms with E-state index in [-0.39, 0.29) is 0 Å². The molecule has 0 unspecified atom stereocenters. The molecule has 0 heterocycles. The van der Waals surface area contributed by atoms with Gasteiger partial charge in [0.25, 0.3) is 0 Å². The first-order valence-electron chi connectivity index (χ1n) is 8.47. The summed E-state index contributed by atoms with van der Waals surface area (Å²) < 4.78 is 0. The lowest BCUT2D eigenvalue weighted by atomic mass is 9.79. The Bertz CT molecular complexity index is 470. The third kappa shape index (κ3) is 5.38. The zero-order valence-corrected chi connectivity index (χ0v) is 13.2. The van der Waals surface area contributed by atoms with Gasteiger partial charge in [0.2, 0.25) is 0 Å². The molecule has 1 aliphatic rings. The van der Waals surface area contributed by atoms with E-state index in [0.717, 1.165) is 23.8 Å². The number of rotatable bonds is 6. The standard InChI is InChI=1S/C20H27N/c1-2-3-4-5-17-6-8-18(9-7-17)10-11-19-12-14-20(16-21)15-13-19/h4-5,12-15,17-18H,2-3,6-11H2,1H3/b5-4+. The number of nitrogens with zero attached hydrogens (tertiary/aromatic N) is 1.